The fraction of sp³-hybridized carbons (Fsp3) is 0.182. The Kier molecular flexibility index (Phi) is 6.79. The van der Waals surface area contributed by atoms with Gasteiger partial charge in [0, 0.05) is 0 Å². The molecule has 30 heavy (non-hydrogen) atoms. The van der Waals surface area contributed by atoms with E-state index in [4.69, 9.17) is 4.74 Å². The molecule has 0 aliphatic carbocycles. The Bertz CT molecular complexity index is 1090. The molecular formula is C22H21BrN4O3. The van der Waals surface area contributed by atoms with Crippen molar-refractivity contribution in [2.75, 3.05) is 0 Å². The molecule has 2 aromatic carbocycles. The second-order valence-electron chi connectivity index (χ2n) is 6.76. The van der Waals surface area contributed by atoms with E-state index in [0.717, 1.165) is 27.0 Å². The molecule has 0 unspecified atom stereocenters. The number of amides is 1. The fourth-order valence-corrected chi connectivity index (χ4v) is 2.94. The number of hydrazone groups is 1. The van der Waals surface area contributed by atoms with Gasteiger partial charge in [-0.2, -0.15) is 10.2 Å². The summed E-state index contributed by atoms with van der Waals surface area (Å²) in [6.07, 6.45) is 1.51. The van der Waals surface area contributed by atoms with E-state index >= 15 is 0 Å². The molecule has 0 saturated heterocycles. The lowest BCUT2D eigenvalue weighted by Crippen LogP contribution is -2.24. The first kappa shape index (κ1) is 21.4. The minimum absolute atomic E-state index is 0.0729. The highest BCUT2D eigenvalue weighted by atomic mass is 79.9. The van der Waals surface area contributed by atoms with Crippen LogP contribution in [-0.2, 0) is 11.3 Å². The summed E-state index contributed by atoms with van der Waals surface area (Å²) in [5.74, 6) is -0.274. The number of nitrogens with one attached hydrogen (secondary N) is 1. The van der Waals surface area contributed by atoms with Gasteiger partial charge in [0.15, 0.2) is 0 Å². The average molecular weight is 469 g/mol. The van der Waals surface area contributed by atoms with Crippen LogP contribution in [0, 0.1) is 20.8 Å². The van der Waals surface area contributed by atoms with Gasteiger partial charge in [0.1, 0.15) is 12.3 Å². The molecule has 8 heteroatoms. The van der Waals surface area contributed by atoms with Crippen LogP contribution in [0.1, 0.15) is 32.9 Å². The summed E-state index contributed by atoms with van der Waals surface area (Å²) < 4.78 is 7.86. The Balaban J connectivity index is 1.52. The number of carbonyl (C=O) groups excluding carboxylic acids is 2. The minimum atomic E-state index is -0.417. The number of nitrogens with zero attached hydrogens (tertiary/aromatic N) is 3. The van der Waals surface area contributed by atoms with Crippen LogP contribution in [0.2, 0.25) is 0 Å². The molecule has 0 fully saturated rings. The number of carbonyl (C=O) groups is 2. The van der Waals surface area contributed by atoms with Gasteiger partial charge in [-0.15, -0.1) is 0 Å². The van der Waals surface area contributed by atoms with Crippen molar-refractivity contribution in [1.82, 2.24) is 15.2 Å². The van der Waals surface area contributed by atoms with E-state index in [1.54, 1.807) is 41.1 Å². The molecule has 1 heterocycles. The third-order valence-corrected chi connectivity index (χ3v) is 5.51. The van der Waals surface area contributed by atoms with E-state index in [9.17, 15) is 9.59 Å². The highest BCUT2D eigenvalue weighted by Crippen LogP contribution is 2.19. The SMILES string of the molecule is Cc1ccc(C(=O)Oc2ccc(C=NNC(=O)Cn3nc(C)c(Br)c3C)cc2)cc1. The molecule has 0 spiro atoms. The predicted octanol–water partition coefficient (Wildman–Crippen LogP) is 3.94. The second-order valence-corrected chi connectivity index (χ2v) is 7.55. The van der Waals surface area contributed by atoms with Crippen molar-refractivity contribution in [1.29, 1.82) is 0 Å². The van der Waals surface area contributed by atoms with Crippen LogP contribution >= 0.6 is 15.9 Å². The fourth-order valence-electron chi connectivity index (χ4n) is 2.66. The lowest BCUT2D eigenvalue weighted by atomic mass is 10.1. The molecule has 154 valence electrons. The maximum Gasteiger partial charge on any atom is 0.343 e. The molecule has 0 atom stereocenters. The first-order valence-corrected chi connectivity index (χ1v) is 10.0. The number of esters is 1. The zero-order chi connectivity index (χ0) is 21.7. The first-order valence-electron chi connectivity index (χ1n) is 9.24. The first-order chi connectivity index (χ1) is 14.3. The van der Waals surface area contributed by atoms with Gasteiger partial charge in [0.2, 0.25) is 0 Å². The summed E-state index contributed by atoms with van der Waals surface area (Å²) >= 11 is 3.43. The van der Waals surface area contributed by atoms with Gasteiger partial charge >= 0.3 is 5.97 Å². The molecule has 0 aliphatic heterocycles. The van der Waals surface area contributed by atoms with E-state index in [1.807, 2.05) is 32.9 Å². The molecule has 0 radical (unpaired) electrons. The van der Waals surface area contributed by atoms with Gasteiger partial charge in [-0.1, -0.05) is 17.7 Å². The molecule has 1 N–H and O–H groups in total. The van der Waals surface area contributed by atoms with Crippen LogP contribution in [0.4, 0.5) is 0 Å². The van der Waals surface area contributed by atoms with E-state index in [-0.39, 0.29) is 12.5 Å². The molecule has 0 aliphatic rings. The zero-order valence-corrected chi connectivity index (χ0v) is 18.4. The summed E-state index contributed by atoms with van der Waals surface area (Å²) in [5.41, 5.74) is 6.49. The van der Waals surface area contributed by atoms with Crippen molar-refractivity contribution in [3.63, 3.8) is 0 Å². The smallest absolute Gasteiger partial charge is 0.343 e. The quantitative estimate of drug-likeness (QED) is 0.257. The zero-order valence-electron chi connectivity index (χ0n) is 16.8. The van der Waals surface area contributed by atoms with E-state index in [0.29, 0.717) is 11.3 Å². The Morgan fingerprint density at radius 1 is 1.10 bits per heavy atom. The lowest BCUT2D eigenvalue weighted by Gasteiger charge is -2.05. The van der Waals surface area contributed by atoms with Crippen molar-refractivity contribution in [3.05, 3.63) is 81.1 Å². The van der Waals surface area contributed by atoms with Crippen LogP contribution in [-0.4, -0.2) is 27.9 Å². The van der Waals surface area contributed by atoms with Gasteiger partial charge in [-0.3, -0.25) is 9.48 Å². The monoisotopic (exact) mass is 468 g/mol. The largest absolute Gasteiger partial charge is 0.423 e. The number of hydrogen-bond acceptors (Lipinski definition) is 5. The summed E-state index contributed by atoms with van der Waals surface area (Å²) in [7, 11) is 0. The third kappa shape index (κ3) is 5.42. The van der Waals surface area contributed by atoms with Crippen molar-refractivity contribution < 1.29 is 14.3 Å². The second kappa shape index (κ2) is 9.49. The number of benzene rings is 2. The lowest BCUT2D eigenvalue weighted by molar-refractivity contribution is -0.121. The Morgan fingerprint density at radius 2 is 1.77 bits per heavy atom. The number of hydrogen-bond donors (Lipinski definition) is 1. The number of aryl methyl sites for hydroxylation is 2. The minimum Gasteiger partial charge on any atom is -0.423 e. The number of ether oxygens (including phenoxy) is 1. The van der Waals surface area contributed by atoms with Gasteiger partial charge in [0.05, 0.1) is 27.6 Å². The maximum atomic E-state index is 12.1. The van der Waals surface area contributed by atoms with Crippen molar-refractivity contribution in [2.24, 2.45) is 5.10 Å². The molecule has 0 bridgehead atoms. The molecule has 3 aromatic rings. The highest BCUT2D eigenvalue weighted by Gasteiger charge is 2.11. The van der Waals surface area contributed by atoms with Gasteiger partial charge < -0.3 is 4.74 Å². The van der Waals surface area contributed by atoms with E-state index < -0.39 is 5.97 Å². The molecule has 0 saturated carbocycles. The van der Waals surface area contributed by atoms with Crippen molar-refractivity contribution in [2.45, 2.75) is 27.3 Å². The summed E-state index contributed by atoms with van der Waals surface area (Å²) in [6, 6.07) is 14.0. The average Bonchev–Trinajstić information content (AvgIpc) is 2.96. The maximum absolute atomic E-state index is 12.1. The standard InChI is InChI=1S/C22H21BrN4O3/c1-14-4-8-18(9-5-14)22(29)30-19-10-6-17(7-11-19)12-24-25-20(28)13-27-16(3)21(23)15(2)26-27/h4-12H,13H2,1-3H3,(H,25,28). The van der Waals surface area contributed by atoms with E-state index in [1.165, 1.54) is 6.21 Å². The molecule has 1 aromatic heterocycles. The number of aromatic nitrogens is 2. The Hall–Kier alpha value is -3.26. The van der Waals surface area contributed by atoms with Gasteiger partial charge in [0.25, 0.3) is 5.91 Å². The Morgan fingerprint density at radius 3 is 2.37 bits per heavy atom. The topological polar surface area (TPSA) is 85.6 Å². The predicted molar refractivity (Wildman–Crippen MR) is 118 cm³/mol. The van der Waals surface area contributed by atoms with Crippen molar-refractivity contribution >= 4 is 34.0 Å². The van der Waals surface area contributed by atoms with Crippen LogP contribution in [0.3, 0.4) is 0 Å². The van der Waals surface area contributed by atoms with E-state index in [2.05, 4.69) is 31.6 Å². The number of halogens is 1. The molecule has 7 nitrogen and oxygen atoms in total. The normalized spacial score (nSPS) is 10.9. The number of rotatable bonds is 6. The molecule has 3 rings (SSSR count). The van der Waals surface area contributed by atoms with Gasteiger partial charge in [-0.25, -0.2) is 10.2 Å². The van der Waals surface area contributed by atoms with Crippen LogP contribution < -0.4 is 10.2 Å². The third-order valence-electron chi connectivity index (χ3n) is 4.37. The summed E-state index contributed by atoms with van der Waals surface area (Å²) in [4.78, 5) is 24.2. The highest BCUT2D eigenvalue weighted by molar-refractivity contribution is 9.10. The molecule has 1 amide bonds. The van der Waals surface area contributed by atoms with Crippen molar-refractivity contribution in [3.8, 4) is 5.75 Å². The van der Waals surface area contributed by atoms with Gasteiger partial charge in [-0.05, 0) is 78.7 Å². The summed E-state index contributed by atoms with van der Waals surface area (Å²) in [6.45, 7) is 5.78. The Labute approximate surface area is 182 Å². The van der Waals surface area contributed by atoms with Crippen LogP contribution in [0.5, 0.6) is 5.75 Å². The summed E-state index contributed by atoms with van der Waals surface area (Å²) in [5, 5.41) is 8.25. The van der Waals surface area contributed by atoms with Crippen LogP contribution in [0.15, 0.2) is 58.1 Å². The van der Waals surface area contributed by atoms with Crippen LogP contribution in [0.25, 0.3) is 0 Å². The molecular weight excluding hydrogens is 448 g/mol.